The first-order chi connectivity index (χ1) is 9.22. The zero-order valence-electron chi connectivity index (χ0n) is 11.0. The van der Waals surface area contributed by atoms with Crippen LogP contribution in [0.2, 0.25) is 0 Å². The van der Waals surface area contributed by atoms with Gasteiger partial charge in [-0.3, -0.25) is 4.79 Å². The lowest BCUT2D eigenvalue weighted by molar-refractivity contribution is -0.137. The van der Waals surface area contributed by atoms with Crippen LogP contribution in [0.3, 0.4) is 0 Å². The molecule has 1 fully saturated rings. The van der Waals surface area contributed by atoms with Crippen LogP contribution in [0.5, 0.6) is 5.75 Å². The molecule has 0 saturated carbocycles. The molecular weight excluding hydrogens is 266 g/mol. The van der Waals surface area contributed by atoms with Gasteiger partial charge in [-0.15, -0.1) is 11.6 Å². The average Bonchev–Trinajstić information content (AvgIpc) is 2.47. The maximum absolute atomic E-state index is 12.2. The van der Waals surface area contributed by atoms with Gasteiger partial charge < -0.3 is 14.4 Å². The number of nitrogens with zero attached hydrogens (tertiary/aromatic N) is 1. The summed E-state index contributed by atoms with van der Waals surface area (Å²) in [6.07, 6.45) is 0.330. The highest BCUT2D eigenvalue weighted by atomic mass is 35.5. The van der Waals surface area contributed by atoms with E-state index >= 15 is 0 Å². The van der Waals surface area contributed by atoms with E-state index in [2.05, 4.69) is 0 Å². The predicted octanol–water partition coefficient (Wildman–Crippen LogP) is 1.70. The van der Waals surface area contributed by atoms with Crippen molar-refractivity contribution >= 4 is 17.5 Å². The van der Waals surface area contributed by atoms with E-state index in [0.717, 1.165) is 11.3 Å². The van der Waals surface area contributed by atoms with Crippen molar-refractivity contribution in [2.45, 2.75) is 12.5 Å². The second kappa shape index (κ2) is 6.78. The van der Waals surface area contributed by atoms with Gasteiger partial charge in [0.15, 0.2) is 0 Å². The van der Waals surface area contributed by atoms with Gasteiger partial charge in [0, 0.05) is 13.1 Å². The summed E-state index contributed by atoms with van der Waals surface area (Å²) in [6, 6.07) is 7.58. The Bertz CT molecular complexity index is 438. The third-order valence-corrected chi connectivity index (χ3v) is 3.50. The first-order valence-electron chi connectivity index (χ1n) is 6.31. The molecule has 104 valence electrons. The minimum absolute atomic E-state index is 0.0512. The molecule has 1 heterocycles. The normalized spacial score (nSPS) is 19.3. The number of carbonyl (C=O) groups is 1. The largest absolute Gasteiger partial charge is 0.497 e. The Hall–Kier alpha value is -1.26. The van der Waals surface area contributed by atoms with E-state index in [1.54, 1.807) is 7.11 Å². The Morgan fingerprint density at radius 3 is 3.16 bits per heavy atom. The van der Waals surface area contributed by atoms with Crippen LogP contribution < -0.4 is 4.74 Å². The highest BCUT2D eigenvalue weighted by Gasteiger charge is 2.23. The van der Waals surface area contributed by atoms with Crippen molar-refractivity contribution < 1.29 is 14.3 Å². The fraction of sp³-hybridized carbons (Fsp3) is 0.500. The van der Waals surface area contributed by atoms with Gasteiger partial charge in [0.25, 0.3) is 0 Å². The lowest BCUT2D eigenvalue weighted by Crippen LogP contribution is -2.46. The van der Waals surface area contributed by atoms with Crippen molar-refractivity contribution in [2.75, 3.05) is 32.7 Å². The van der Waals surface area contributed by atoms with E-state index in [1.165, 1.54) is 0 Å². The van der Waals surface area contributed by atoms with Crippen LogP contribution in [0.4, 0.5) is 0 Å². The first-order valence-corrected chi connectivity index (χ1v) is 6.84. The van der Waals surface area contributed by atoms with Crippen LogP contribution in [-0.4, -0.2) is 49.6 Å². The van der Waals surface area contributed by atoms with Gasteiger partial charge in [-0.25, -0.2) is 0 Å². The zero-order valence-corrected chi connectivity index (χ0v) is 11.7. The number of hydrogen-bond donors (Lipinski definition) is 0. The molecule has 0 N–H and O–H groups in total. The number of methoxy groups -OCH3 is 1. The zero-order chi connectivity index (χ0) is 13.7. The standard InChI is InChI=1S/C14H18ClNO3/c1-18-12-4-2-3-11(7-12)8-14(17)16-5-6-19-13(9-15)10-16/h2-4,7,13H,5-6,8-10H2,1H3. The summed E-state index contributed by atoms with van der Waals surface area (Å²) in [5.41, 5.74) is 0.957. The number of morpholine rings is 1. The molecule has 1 saturated heterocycles. The summed E-state index contributed by atoms with van der Waals surface area (Å²) in [7, 11) is 1.62. The third-order valence-electron chi connectivity index (χ3n) is 3.15. The van der Waals surface area contributed by atoms with Crippen molar-refractivity contribution in [1.29, 1.82) is 0 Å². The quantitative estimate of drug-likeness (QED) is 0.790. The third kappa shape index (κ3) is 3.85. The minimum atomic E-state index is -0.0512. The Morgan fingerprint density at radius 2 is 2.42 bits per heavy atom. The molecule has 1 atom stereocenters. The SMILES string of the molecule is COc1cccc(CC(=O)N2CCOC(CCl)C2)c1. The molecule has 0 bridgehead atoms. The number of alkyl halides is 1. The monoisotopic (exact) mass is 283 g/mol. The molecule has 19 heavy (non-hydrogen) atoms. The molecule has 1 unspecified atom stereocenters. The second-order valence-electron chi connectivity index (χ2n) is 4.52. The van der Waals surface area contributed by atoms with Crippen LogP contribution in [0, 0.1) is 0 Å². The molecule has 1 aromatic rings. The number of carbonyl (C=O) groups excluding carboxylic acids is 1. The van der Waals surface area contributed by atoms with E-state index in [-0.39, 0.29) is 12.0 Å². The summed E-state index contributed by atoms with van der Waals surface area (Å²) in [5.74, 6) is 1.29. The topological polar surface area (TPSA) is 38.8 Å². The van der Waals surface area contributed by atoms with Gasteiger partial charge in [-0.05, 0) is 17.7 Å². The number of ether oxygens (including phenoxy) is 2. The van der Waals surface area contributed by atoms with E-state index < -0.39 is 0 Å². The molecule has 2 rings (SSSR count). The summed E-state index contributed by atoms with van der Waals surface area (Å²) < 4.78 is 10.6. The predicted molar refractivity (Wildman–Crippen MR) is 73.7 cm³/mol. The van der Waals surface area contributed by atoms with Gasteiger partial charge in [0.05, 0.1) is 32.1 Å². The molecule has 1 amide bonds. The van der Waals surface area contributed by atoms with Crippen LogP contribution in [0.25, 0.3) is 0 Å². The number of amides is 1. The Kier molecular flexibility index (Phi) is 5.05. The molecular formula is C14H18ClNO3. The molecule has 4 nitrogen and oxygen atoms in total. The molecule has 0 spiro atoms. The average molecular weight is 284 g/mol. The minimum Gasteiger partial charge on any atom is -0.497 e. The smallest absolute Gasteiger partial charge is 0.227 e. The van der Waals surface area contributed by atoms with Crippen LogP contribution in [-0.2, 0) is 16.0 Å². The van der Waals surface area contributed by atoms with E-state index in [9.17, 15) is 4.79 Å². The van der Waals surface area contributed by atoms with Crippen LogP contribution >= 0.6 is 11.6 Å². The maximum Gasteiger partial charge on any atom is 0.227 e. The van der Waals surface area contributed by atoms with Crippen molar-refractivity contribution in [2.24, 2.45) is 0 Å². The van der Waals surface area contributed by atoms with Gasteiger partial charge in [0.2, 0.25) is 5.91 Å². The fourth-order valence-electron chi connectivity index (χ4n) is 2.11. The molecule has 0 aromatic heterocycles. The lowest BCUT2D eigenvalue weighted by atomic mass is 10.1. The van der Waals surface area contributed by atoms with Gasteiger partial charge in [0.1, 0.15) is 5.75 Å². The highest BCUT2D eigenvalue weighted by molar-refractivity contribution is 6.18. The number of hydrogen-bond acceptors (Lipinski definition) is 3. The van der Waals surface area contributed by atoms with E-state index in [4.69, 9.17) is 21.1 Å². The Balaban J connectivity index is 1.96. The molecule has 0 aliphatic carbocycles. The van der Waals surface area contributed by atoms with Crippen molar-refractivity contribution in [3.05, 3.63) is 29.8 Å². The van der Waals surface area contributed by atoms with Gasteiger partial charge in [-0.1, -0.05) is 12.1 Å². The summed E-state index contributed by atoms with van der Waals surface area (Å²) >= 11 is 5.77. The Labute approximate surface area is 118 Å². The highest BCUT2D eigenvalue weighted by Crippen LogP contribution is 2.15. The van der Waals surface area contributed by atoms with E-state index in [0.29, 0.717) is 32.0 Å². The summed E-state index contributed by atoms with van der Waals surface area (Å²) in [6.45, 7) is 1.77. The Morgan fingerprint density at radius 1 is 1.58 bits per heavy atom. The van der Waals surface area contributed by atoms with Gasteiger partial charge in [-0.2, -0.15) is 0 Å². The maximum atomic E-state index is 12.2. The molecule has 1 aliphatic rings. The number of rotatable bonds is 4. The van der Waals surface area contributed by atoms with Crippen LogP contribution in [0.1, 0.15) is 5.56 Å². The van der Waals surface area contributed by atoms with E-state index in [1.807, 2.05) is 29.2 Å². The van der Waals surface area contributed by atoms with Crippen molar-refractivity contribution in [3.63, 3.8) is 0 Å². The first kappa shape index (κ1) is 14.2. The molecule has 1 aliphatic heterocycles. The van der Waals surface area contributed by atoms with Gasteiger partial charge >= 0.3 is 0 Å². The molecule has 1 aromatic carbocycles. The van der Waals surface area contributed by atoms with Crippen molar-refractivity contribution in [3.8, 4) is 5.75 Å². The molecule has 0 radical (unpaired) electrons. The summed E-state index contributed by atoms with van der Waals surface area (Å²) in [5, 5.41) is 0. The number of halogens is 1. The number of benzene rings is 1. The van der Waals surface area contributed by atoms with Crippen LogP contribution in [0.15, 0.2) is 24.3 Å². The molecule has 5 heteroatoms. The fourth-order valence-corrected chi connectivity index (χ4v) is 2.29. The lowest BCUT2D eigenvalue weighted by Gasteiger charge is -2.32. The second-order valence-corrected chi connectivity index (χ2v) is 4.82. The van der Waals surface area contributed by atoms with Crippen molar-refractivity contribution in [1.82, 2.24) is 4.90 Å². The summed E-state index contributed by atoms with van der Waals surface area (Å²) in [4.78, 5) is 14.0.